The Kier molecular flexibility index (Phi) is 8.60. The quantitative estimate of drug-likeness (QED) is 0.110. The fraction of sp³-hybridized carbons (Fsp3) is 0.483. The molecule has 2 aromatic rings. The Morgan fingerprint density at radius 1 is 0.848 bits per heavy atom. The number of oxime groups is 1. The van der Waals surface area contributed by atoms with E-state index in [1.165, 1.54) is 29.2 Å². The normalized spacial score (nSPS) is 14.0. The molecule has 4 nitrogen and oxygen atoms in total. The molecule has 4 heteroatoms. The van der Waals surface area contributed by atoms with Crippen LogP contribution in [0.1, 0.15) is 107 Å². The first-order chi connectivity index (χ1) is 16.0. The Morgan fingerprint density at radius 2 is 1.55 bits per heavy atom. The summed E-state index contributed by atoms with van der Waals surface area (Å²) in [6, 6.07) is 14.7. The Morgan fingerprint density at radius 3 is 2.21 bits per heavy atom. The van der Waals surface area contributed by atoms with Gasteiger partial charge in [0, 0.05) is 17.9 Å². The summed E-state index contributed by atoms with van der Waals surface area (Å²) < 4.78 is 0. The van der Waals surface area contributed by atoms with Crippen LogP contribution in [0, 0.1) is 0 Å². The zero-order valence-electron chi connectivity index (χ0n) is 20.6. The maximum absolute atomic E-state index is 13.5. The molecule has 33 heavy (non-hydrogen) atoms. The average molecular weight is 448 g/mol. The van der Waals surface area contributed by atoms with Gasteiger partial charge in [-0.3, -0.25) is 4.79 Å². The molecule has 0 bridgehead atoms. The Hall–Kier alpha value is -2.75. The maximum Gasteiger partial charge on any atom is 0.331 e. The summed E-state index contributed by atoms with van der Waals surface area (Å²) in [6.45, 7) is 7.92. The minimum atomic E-state index is -0.511. The third-order valence-corrected chi connectivity index (χ3v) is 6.70. The predicted octanol–water partition coefficient (Wildman–Crippen LogP) is 7.63. The summed E-state index contributed by atoms with van der Waals surface area (Å²) in [5.41, 5.74) is 6.01. The zero-order chi connectivity index (χ0) is 23.8. The van der Waals surface area contributed by atoms with Gasteiger partial charge >= 0.3 is 5.97 Å². The molecule has 0 N–H and O–H groups in total. The third-order valence-electron chi connectivity index (χ3n) is 6.70. The molecule has 3 rings (SSSR count). The molecule has 2 aromatic carbocycles. The molecule has 1 aliphatic carbocycles. The third kappa shape index (κ3) is 5.26. The molecule has 0 aromatic heterocycles. The predicted molar refractivity (Wildman–Crippen MR) is 135 cm³/mol. The Bertz CT molecular complexity index is 1020. The van der Waals surface area contributed by atoms with Gasteiger partial charge in [-0.25, -0.2) is 4.79 Å². The van der Waals surface area contributed by atoms with Crippen LogP contribution >= 0.6 is 0 Å². The first-order valence-electron chi connectivity index (χ1n) is 12.5. The van der Waals surface area contributed by atoms with E-state index in [9.17, 15) is 9.59 Å². The van der Waals surface area contributed by atoms with E-state index in [4.69, 9.17) is 4.84 Å². The van der Waals surface area contributed by atoms with Crippen molar-refractivity contribution in [3.05, 3.63) is 59.2 Å². The largest absolute Gasteiger partial charge is 0.331 e. The van der Waals surface area contributed by atoms with Crippen LogP contribution in [0.2, 0.25) is 0 Å². The molecule has 0 radical (unpaired) electrons. The number of carbonyl (C=O) groups excluding carboxylic acids is 2. The average Bonchev–Trinajstić information content (AvgIpc) is 3.08. The van der Waals surface area contributed by atoms with Gasteiger partial charge in [0.2, 0.25) is 5.78 Å². The van der Waals surface area contributed by atoms with Gasteiger partial charge in [-0.1, -0.05) is 94.4 Å². The number of Topliss-reactive ketones (excluding diaryl/α,β-unsaturated/α-hetero) is 1. The smallest absolute Gasteiger partial charge is 0.318 e. The SMILES string of the molecule is CCCCCC/C(=N\OC(C)=O)C(=O)c1ccc2c(c1)C(CCC)(CCC)c1ccccc1-2. The first-order valence-corrected chi connectivity index (χ1v) is 12.5. The zero-order valence-corrected chi connectivity index (χ0v) is 20.6. The van der Waals surface area contributed by atoms with Crippen LogP contribution in [0.5, 0.6) is 0 Å². The maximum atomic E-state index is 13.5. The lowest BCUT2D eigenvalue weighted by Crippen LogP contribution is -2.25. The number of ketones is 1. The number of benzene rings is 2. The number of carbonyl (C=O) groups is 2. The van der Waals surface area contributed by atoms with E-state index in [0.717, 1.165) is 51.4 Å². The second-order valence-electron chi connectivity index (χ2n) is 9.15. The summed E-state index contributed by atoms with van der Waals surface area (Å²) in [6.07, 6.45) is 8.87. The van der Waals surface area contributed by atoms with Crippen molar-refractivity contribution < 1.29 is 14.4 Å². The highest BCUT2D eigenvalue weighted by Crippen LogP contribution is 2.53. The molecule has 0 atom stereocenters. The molecule has 176 valence electrons. The van der Waals surface area contributed by atoms with Gasteiger partial charge in [0.25, 0.3) is 0 Å². The highest BCUT2D eigenvalue weighted by Gasteiger charge is 2.41. The molecule has 0 aliphatic heterocycles. The number of unbranched alkanes of at least 4 members (excludes halogenated alkanes) is 3. The summed E-state index contributed by atoms with van der Waals surface area (Å²) in [4.78, 5) is 29.7. The minimum Gasteiger partial charge on any atom is -0.318 e. The second kappa shape index (κ2) is 11.4. The van der Waals surface area contributed by atoms with Crippen LogP contribution in [0.15, 0.2) is 47.6 Å². The van der Waals surface area contributed by atoms with Crippen LogP contribution in [-0.2, 0) is 15.0 Å². The van der Waals surface area contributed by atoms with Gasteiger partial charge in [0.15, 0.2) is 0 Å². The van der Waals surface area contributed by atoms with Crippen LogP contribution in [0.25, 0.3) is 11.1 Å². The highest BCUT2D eigenvalue weighted by atomic mass is 16.7. The number of fused-ring (bicyclic) bond motifs is 3. The van der Waals surface area contributed by atoms with Crippen molar-refractivity contribution in [3.63, 3.8) is 0 Å². The van der Waals surface area contributed by atoms with Crippen LogP contribution in [0.3, 0.4) is 0 Å². The molecule has 0 saturated carbocycles. The monoisotopic (exact) mass is 447 g/mol. The fourth-order valence-corrected chi connectivity index (χ4v) is 5.32. The molecular weight excluding hydrogens is 410 g/mol. The summed E-state index contributed by atoms with van der Waals surface area (Å²) in [7, 11) is 0. The Balaban J connectivity index is 2.02. The molecule has 0 amide bonds. The molecule has 0 fully saturated rings. The van der Waals surface area contributed by atoms with Crippen LogP contribution < -0.4 is 0 Å². The summed E-state index contributed by atoms with van der Waals surface area (Å²) in [5, 5.41) is 3.96. The van der Waals surface area contributed by atoms with E-state index in [1.807, 2.05) is 6.07 Å². The Labute approximate surface area is 198 Å². The van der Waals surface area contributed by atoms with Crippen molar-refractivity contribution >= 4 is 17.5 Å². The standard InChI is InChI=1S/C29H37NO3/c1-5-8-9-10-15-27(30-33-21(4)31)28(32)22-16-17-24-23-13-11-12-14-25(23)29(18-6-2,19-7-3)26(24)20-22/h11-14,16-17,20H,5-10,15,18-19H2,1-4H3/b30-27+. The van der Waals surface area contributed by atoms with Crippen molar-refractivity contribution in [1.29, 1.82) is 0 Å². The lowest BCUT2D eigenvalue weighted by atomic mass is 9.71. The summed E-state index contributed by atoms with van der Waals surface area (Å²) >= 11 is 0. The van der Waals surface area contributed by atoms with E-state index in [0.29, 0.717) is 17.7 Å². The van der Waals surface area contributed by atoms with Crippen molar-refractivity contribution in [1.82, 2.24) is 0 Å². The lowest BCUT2D eigenvalue weighted by Gasteiger charge is -2.32. The molecule has 1 aliphatic rings. The van der Waals surface area contributed by atoms with Gasteiger partial charge in [-0.2, -0.15) is 0 Å². The fourth-order valence-electron chi connectivity index (χ4n) is 5.32. The van der Waals surface area contributed by atoms with Gasteiger partial charge in [0.1, 0.15) is 5.71 Å². The number of hydrogen-bond donors (Lipinski definition) is 0. The van der Waals surface area contributed by atoms with Gasteiger partial charge < -0.3 is 4.84 Å². The van der Waals surface area contributed by atoms with Crippen LogP contribution in [0.4, 0.5) is 0 Å². The number of nitrogens with zero attached hydrogens (tertiary/aromatic N) is 1. The van der Waals surface area contributed by atoms with Crippen LogP contribution in [-0.4, -0.2) is 17.5 Å². The summed E-state index contributed by atoms with van der Waals surface area (Å²) in [5.74, 6) is -0.656. The topological polar surface area (TPSA) is 55.7 Å². The highest BCUT2D eigenvalue weighted by molar-refractivity contribution is 6.46. The first kappa shape index (κ1) is 24.9. The number of rotatable bonds is 12. The van der Waals surface area contributed by atoms with E-state index >= 15 is 0 Å². The van der Waals surface area contributed by atoms with E-state index < -0.39 is 5.97 Å². The van der Waals surface area contributed by atoms with Gasteiger partial charge in [-0.05, 0) is 54.0 Å². The molecule has 0 heterocycles. The minimum absolute atomic E-state index is 0.0694. The van der Waals surface area contributed by atoms with Gasteiger partial charge in [-0.15, -0.1) is 0 Å². The van der Waals surface area contributed by atoms with Crippen molar-refractivity contribution in [2.24, 2.45) is 5.16 Å². The molecule has 0 spiro atoms. The molecular formula is C29H37NO3. The second-order valence-corrected chi connectivity index (χ2v) is 9.15. The van der Waals surface area contributed by atoms with E-state index in [-0.39, 0.29) is 11.2 Å². The number of hydrogen-bond acceptors (Lipinski definition) is 4. The molecule has 0 saturated heterocycles. The van der Waals surface area contributed by atoms with Crippen molar-refractivity contribution in [3.8, 4) is 11.1 Å². The molecule has 0 unspecified atom stereocenters. The van der Waals surface area contributed by atoms with Gasteiger partial charge in [0.05, 0.1) is 0 Å². The van der Waals surface area contributed by atoms with E-state index in [2.05, 4.69) is 62.3 Å². The lowest BCUT2D eigenvalue weighted by molar-refractivity contribution is -0.140. The van der Waals surface area contributed by atoms with Crippen molar-refractivity contribution in [2.75, 3.05) is 0 Å². The van der Waals surface area contributed by atoms with Crippen molar-refractivity contribution in [2.45, 2.75) is 90.9 Å². The van der Waals surface area contributed by atoms with E-state index in [1.54, 1.807) is 0 Å².